The maximum atomic E-state index is 11.9. The first-order valence-electron chi connectivity index (χ1n) is 7.21. The van der Waals surface area contributed by atoms with Gasteiger partial charge >= 0.3 is 5.97 Å². The summed E-state index contributed by atoms with van der Waals surface area (Å²) < 4.78 is 15.0. The lowest BCUT2D eigenvalue weighted by molar-refractivity contribution is -0.138. The molecular formula is C17H20N2O5. The maximum Gasteiger partial charge on any atom is 0.337 e. The van der Waals surface area contributed by atoms with Crippen molar-refractivity contribution in [2.24, 2.45) is 0 Å². The van der Waals surface area contributed by atoms with E-state index in [1.54, 1.807) is 26.0 Å². The summed E-state index contributed by atoms with van der Waals surface area (Å²) in [6, 6.07) is 6.48. The van der Waals surface area contributed by atoms with E-state index in [1.165, 1.54) is 26.4 Å². The van der Waals surface area contributed by atoms with Gasteiger partial charge in [0, 0.05) is 13.2 Å². The van der Waals surface area contributed by atoms with Crippen molar-refractivity contribution >= 4 is 18.0 Å². The minimum absolute atomic E-state index is 0.0325. The van der Waals surface area contributed by atoms with Crippen LogP contribution in [0.5, 0.6) is 11.5 Å². The molecule has 0 aromatic heterocycles. The van der Waals surface area contributed by atoms with E-state index in [2.05, 4.69) is 5.32 Å². The smallest absolute Gasteiger partial charge is 0.337 e. The summed E-state index contributed by atoms with van der Waals surface area (Å²) in [5.41, 5.74) is 0.531. The number of hydrogen-bond acceptors (Lipinski definition) is 6. The molecule has 0 fully saturated rings. The number of carbonyl (C=O) groups excluding carboxylic acids is 2. The fourth-order valence-electron chi connectivity index (χ4n) is 1.78. The fraction of sp³-hybridized carbons (Fsp3) is 0.353. The maximum absolute atomic E-state index is 11.9. The van der Waals surface area contributed by atoms with Crippen molar-refractivity contribution < 1.29 is 23.8 Å². The van der Waals surface area contributed by atoms with E-state index in [1.807, 2.05) is 6.07 Å². The molecule has 1 aromatic carbocycles. The second kappa shape index (κ2) is 9.33. The van der Waals surface area contributed by atoms with Gasteiger partial charge in [-0.1, -0.05) is 6.07 Å². The number of benzene rings is 1. The molecule has 24 heavy (non-hydrogen) atoms. The number of ether oxygens (including phenoxy) is 3. The summed E-state index contributed by atoms with van der Waals surface area (Å²) in [4.78, 5) is 23.4. The Morgan fingerprint density at radius 1 is 1.29 bits per heavy atom. The van der Waals surface area contributed by atoms with Gasteiger partial charge in [-0.3, -0.25) is 4.79 Å². The molecule has 0 unspecified atom stereocenters. The first-order valence-corrected chi connectivity index (χ1v) is 7.21. The van der Waals surface area contributed by atoms with Crippen molar-refractivity contribution in [2.75, 3.05) is 20.8 Å². The van der Waals surface area contributed by atoms with Gasteiger partial charge < -0.3 is 19.5 Å². The zero-order chi connectivity index (χ0) is 18.1. The fourth-order valence-corrected chi connectivity index (χ4v) is 1.78. The van der Waals surface area contributed by atoms with Crippen LogP contribution in [0.3, 0.4) is 0 Å². The number of nitrogens with zero attached hydrogens (tertiary/aromatic N) is 1. The molecule has 1 rings (SSSR count). The quantitative estimate of drug-likeness (QED) is 0.353. The third kappa shape index (κ3) is 5.74. The molecule has 0 bridgehead atoms. The molecule has 0 aliphatic heterocycles. The van der Waals surface area contributed by atoms with Gasteiger partial charge in [0.25, 0.3) is 5.91 Å². The lowest BCUT2D eigenvalue weighted by atomic mass is 10.1. The highest BCUT2D eigenvalue weighted by Gasteiger charge is 2.13. The van der Waals surface area contributed by atoms with Crippen LogP contribution in [0, 0.1) is 11.3 Å². The Hall–Kier alpha value is -2.85. The monoisotopic (exact) mass is 332 g/mol. The van der Waals surface area contributed by atoms with Crippen molar-refractivity contribution in [2.45, 2.75) is 19.9 Å². The first kappa shape index (κ1) is 19.2. The molecule has 0 spiro atoms. The van der Waals surface area contributed by atoms with Crippen LogP contribution in [0.1, 0.15) is 19.4 Å². The highest BCUT2D eigenvalue weighted by Crippen LogP contribution is 2.29. The van der Waals surface area contributed by atoms with E-state index in [4.69, 9.17) is 19.5 Å². The molecule has 0 radical (unpaired) electrons. The lowest BCUT2D eigenvalue weighted by Crippen LogP contribution is -2.30. The summed E-state index contributed by atoms with van der Waals surface area (Å²) in [5, 5.41) is 11.8. The van der Waals surface area contributed by atoms with Gasteiger partial charge in [0.1, 0.15) is 18.2 Å². The number of amides is 1. The Labute approximate surface area is 140 Å². The van der Waals surface area contributed by atoms with Crippen molar-refractivity contribution in [3.8, 4) is 17.6 Å². The number of carbonyl (C=O) groups is 2. The second-order valence-electron chi connectivity index (χ2n) is 5.12. The Balaban J connectivity index is 3.05. The van der Waals surface area contributed by atoms with E-state index in [0.717, 1.165) is 0 Å². The number of methoxy groups -OCH3 is 2. The Bertz CT molecular complexity index is 674. The van der Waals surface area contributed by atoms with Gasteiger partial charge in [-0.05, 0) is 37.6 Å². The van der Waals surface area contributed by atoms with Crippen LogP contribution in [-0.2, 0) is 14.3 Å². The van der Waals surface area contributed by atoms with Gasteiger partial charge in [0.15, 0.2) is 11.5 Å². The van der Waals surface area contributed by atoms with E-state index in [0.29, 0.717) is 11.3 Å². The molecule has 0 aliphatic carbocycles. The Morgan fingerprint density at radius 2 is 2.00 bits per heavy atom. The normalized spacial score (nSPS) is 10.9. The number of nitriles is 1. The molecular weight excluding hydrogens is 312 g/mol. The Morgan fingerprint density at radius 3 is 2.54 bits per heavy atom. The summed E-state index contributed by atoms with van der Waals surface area (Å²) in [6.07, 6.45) is 1.43. The largest absolute Gasteiger partial charge is 0.493 e. The third-order valence-corrected chi connectivity index (χ3v) is 2.77. The van der Waals surface area contributed by atoms with Crippen LogP contribution < -0.4 is 14.8 Å². The standard InChI is InChI=1S/C17H20N2O5/c1-11(2)19-17(21)13(9-18)7-12-5-6-14(15(8-12)23-4)24-16(20)10-22-3/h5-8,11H,10H2,1-4H3,(H,19,21)/b13-7+. The molecule has 0 saturated carbocycles. The number of rotatable bonds is 7. The number of nitrogens with one attached hydrogen (secondary N) is 1. The molecule has 1 N–H and O–H groups in total. The van der Waals surface area contributed by atoms with Crippen LogP contribution >= 0.6 is 0 Å². The van der Waals surface area contributed by atoms with Gasteiger partial charge in [-0.2, -0.15) is 5.26 Å². The Kier molecular flexibility index (Phi) is 7.46. The van der Waals surface area contributed by atoms with E-state index in [9.17, 15) is 9.59 Å². The average molecular weight is 332 g/mol. The molecule has 7 heteroatoms. The molecule has 0 saturated heterocycles. The third-order valence-electron chi connectivity index (χ3n) is 2.77. The second-order valence-corrected chi connectivity index (χ2v) is 5.12. The van der Waals surface area contributed by atoms with Crippen molar-refractivity contribution in [1.82, 2.24) is 5.32 Å². The molecule has 128 valence electrons. The van der Waals surface area contributed by atoms with Gasteiger partial charge in [-0.25, -0.2) is 4.79 Å². The number of esters is 1. The zero-order valence-corrected chi connectivity index (χ0v) is 14.1. The van der Waals surface area contributed by atoms with Crippen LogP contribution in [0.2, 0.25) is 0 Å². The van der Waals surface area contributed by atoms with Crippen molar-refractivity contribution in [1.29, 1.82) is 5.26 Å². The highest BCUT2D eigenvalue weighted by molar-refractivity contribution is 6.01. The topological polar surface area (TPSA) is 97.7 Å². The predicted octanol–water partition coefficient (Wildman–Crippen LogP) is 1.68. The predicted molar refractivity (Wildman–Crippen MR) is 87.4 cm³/mol. The SMILES string of the molecule is COCC(=O)Oc1ccc(/C=C(\C#N)C(=O)NC(C)C)cc1OC. The van der Waals surface area contributed by atoms with Crippen LogP contribution in [0.15, 0.2) is 23.8 Å². The van der Waals surface area contributed by atoms with Crippen molar-refractivity contribution in [3.05, 3.63) is 29.3 Å². The van der Waals surface area contributed by atoms with E-state index < -0.39 is 11.9 Å². The molecule has 0 aliphatic rings. The van der Waals surface area contributed by atoms with Gasteiger partial charge in [0.05, 0.1) is 7.11 Å². The lowest BCUT2D eigenvalue weighted by Gasteiger charge is -2.10. The highest BCUT2D eigenvalue weighted by atomic mass is 16.6. The summed E-state index contributed by atoms with van der Waals surface area (Å²) in [6.45, 7) is 3.43. The van der Waals surface area contributed by atoms with Crippen LogP contribution in [0.4, 0.5) is 0 Å². The van der Waals surface area contributed by atoms with E-state index >= 15 is 0 Å². The van der Waals surface area contributed by atoms with Crippen LogP contribution in [-0.4, -0.2) is 38.7 Å². The zero-order valence-electron chi connectivity index (χ0n) is 14.1. The summed E-state index contributed by atoms with van der Waals surface area (Å²) in [7, 11) is 2.81. The van der Waals surface area contributed by atoms with Gasteiger partial charge in [-0.15, -0.1) is 0 Å². The molecule has 1 aromatic rings. The van der Waals surface area contributed by atoms with Crippen LogP contribution in [0.25, 0.3) is 6.08 Å². The summed E-state index contributed by atoms with van der Waals surface area (Å²) in [5.74, 6) is -0.494. The van der Waals surface area contributed by atoms with Gasteiger partial charge in [0.2, 0.25) is 0 Å². The molecule has 7 nitrogen and oxygen atoms in total. The minimum atomic E-state index is -0.562. The molecule has 0 atom stereocenters. The molecule has 0 heterocycles. The minimum Gasteiger partial charge on any atom is -0.493 e. The van der Waals surface area contributed by atoms with E-state index in [-0.39, 0.29) is 24.0 Å². The summed E-state index contributed by atoms with van der Waals surface area (Å²) >= 11 is 0. The number of hydrogen-bond donors (Lipinski definition) is 1. The first-order chi connectivity index (χ1) is 11.4. The van der Waals surface area contributed by atoms with Crippen molar-refractivity contribution in [3.63, 3.8) is 0 Å². The average Bonchev–Trinajstić information content (AvgIpc) is 2.53. The molecule has 1 amide bonds.